The van der Waals surface area contributed by atoms with Gasteiger partial charge in [-0.3, -0.25) is 14.9 Å². The van der Waals surface area contributed by atoms with Gasteiger partial charge in [-0.2, -0.15) is 0 Å². The predicted molar refractivity (Wildman–Crippen MR) is 70.5 cm³/mol. The standard InChI is InChI=1S/C13H10ClNO4/c1-7-5-9(10(15(17)18)6-8(7)2)11-3-4-12(19-11)13(14)16/h3-6H,1-2H3. The number of benzene rings is 1. The number of carbonyl (C=O) groups excluding carboxylic acids is 1. The van der Waals surface area contributed by atoms with Crippen LogP contribution in [0.5, 0.6) is 0 Å². The minimum atomic E-state index is -0.738. The monoisotopic (exact) mass is 279 g/mol. The van der Waals surface area contributed by atoms with Crippen molar-refractivity contribution in [3.63, 3.8) is 0 Å². The number of hydrogen-bond donors (Lipinski definition) is 0. The third-order valence-electron chi connectivity index (χ3n) is 2.87. The van der Waals surface area contributed by atoms with Crippen LogP contribution in [0, 0.1) is 24.0 Å². The molecule has 0 unspecified atom stereocenters. The highest BCUT2D eigenvalue weighted by Crippen LogP contribution is 2.33. The Balaban J connectivity index is 2.62. The molecule has 2 aromatic rings. The molecule has 5 nitrogen and oxygen atoms in total. The van der Waals surface area contributed by atoms with Gasteiger partial charge in [0, 0.05) is 6.07 Å². The summed E-state index contributed by atoms with van der Waals surface area (Å²) in [4.78, 5) is 21.6. The van der Waals surface area contributed by atoms with E-state index >= 15 is 0 Å². The molecule has 0 radical (unpaired) electrons. The number of nitro benzene ring substituents is 1. The van der Waals surface area contributed by atoms with Crippen LogP contribution < -0.4 is 0 Å². The van der Waals surface area contributed by atoms with Crippen LogP contribution in [0.25, 0.3) is 11.3 Å². The minimum Gasteiger partial charge on any atom is -0.451 e. The highest BCUT2D eigenvalue weighted by Gasteiger charge is 2.20. The van der Waals surface area contributed by atoms with Crippen LogP contribution in [0.2, 0.25) is 0 Å². The van der Waals surface area contributed by atoms with Crippen LogP contribution in [0.3, 0.4) is 0 Å². The van der Waals surface area contributed by atoms with Gasteiger partial charge in [0.05, 0.1) is 10.5 Å². The van der Waals surface area contributed by atoms with E-state index in [0.717, 1.165) is 11.1 Å². The number of furan rings is 1. The number of rotatable bonds is 3. The molecule has 1 aromatic carbocycles. The molecule has 98 valence electrons. The Hall–Kier alpha value is -2.14. The smallest absolute Gasteiger partial charge is 0.287 e. The van der Waals surface area contributed by atoms with E-state index in [4.69, 9.17) is 16.0 Å². The Morgan fingerprint density at radius 3 is 2.42 bits per heavy atom. The maximum absolute atomic E-state index is 11.1. The van der Waals surface area contributed by atoms with Crippen molar-refractivity contribution in [1.29, 1.82) is 0 Å². The number of nitro groups is 1. The maximum Gasteiger partial charge on any atom is 0.287 e. The first-order valence-electron chi connectivity index (χ1n) is 5.46. The van der Waals surface area contributed by atoms with Gasteiger partial charge in [0.25, 0.3) is 10.9 Å². The Morgan fingerprint density at radius 1 is 1.26 bits per heavy atom. The summed E-state index contributed by atoms with van der Waals surface area (Å²) in [5, 5.41) is 10.3. The summed E-state index contributed by atoms with van der Waals surface area (Å²) in [6.07, 6.45) is 0. The lowest BCUT2D eigenvalue weighted by Crippen LogP contribution is -1.94. The third-order valence-corrected chi connectivity index (χ3v) is 3.06. The van der Waals surface area contributed by atoms with Gasteiger partial charge in [0.1, 0.15) is 5.76 Å². The first-order valence-corrected chi connectivity index (χ1v) is 5.83. The highest BCUT2D eigenvalue weighted by atomic mass is 35.5. The Kier molecular flexibility index (Phi) is 3.40. The fourth-order valence-electron chi connectivity index (χ4n) is 1.74. The SMILES string of the molecule is Cc1cc(-c2ccc(C(=O)Cl)o2)c([N+](=O)[O-])cc1C. The topological polar surface area (TPSA) is 73.3 Å². The van der Waals surface area contributed by atoms with E-state index in [-0.39, 0.29) is 17.2 Å². The van der Waals surface area contributed by atoms with Gasteiger partial charge in [0.15, 0.2) is 5.76 Å². The molecule has 2 rings (SSSR count). The zero-order valence-corrected chi connectivity index (χ0v) is 11.0. The van der Waals surface area contributed by atoms with E-state index in [2.05, 4.69) is 0 Å². The molecule has 0 atom stereocenters. The molecule has 0 saturated heterocycles. The normalized spacial score (nSPS) is 10.5. The van der Waals surface area contributed by atoms with Gasteiger partial charge in [0.2, 0.25) is 0 Å². The Bertz CT molecular complexity index is 675. The van der Waals surface area contributed by atoms with Crippen LogP contribution >= 0.6 is 11.6 Å². The molecule has 0 spiro atoms. The van der Waals surface area contributed by atoms with E-state index in [1.54, 1.807) is 13.0 Å². The van der Waals surface area contributed by atoms with Crippen LogP contribution in [0.15, 0.2) is 28.7 Å². The molecule has 0 fully saturated rings. The number of carbonyl (C=O) groups is 1. The number of aryl methyl sites for hydroxylation is 2. The lowest BCUT2D eigenvalue weighted by molar-refractivity contribution is -0.384. The molecule has 0 aliphatic rings. The number of nitrogens with zero attached hydrogens (tertiary/aromatic N) is 1. The zero-order valence-electron chi connectivity index (χ0n) is 10.3. The highest BCUT2D eigenvalue weighted by molar-refractivity contribution is 6.67. The Morgan fingerprint density at radius 2 is 1.89 bits per heavy atom. The fourth-order valence-corrected chi connectivity index (χ4v) is 1.84. The third kappa shape index (κ3) is 2.51. The summed E-state index contributed by atoms with van der Waals surface area (Å²) in [5.41, 5.74) is 1.98. The summed E-state index contributed by atoms with van der Waals surface area (Å²) in [7, 11) is 0. The molecule has 0 aliphatic heterocycles. The number of hydrogen-bond acceptors (Lipinski definition) is 4. The molecule has 0 saturated carbocycles. The van der Waals surface area contributed by atoms with Crippen molar-refractivity contribution in [2.24, 2.45) is 0 Å². The van der Waals surface area contributed by atoms with Crippen LogP contribution in [0.1, 0.15) is 21.7 Å². The second-order valence-electron chi connectivity index (χ2n) is 4.15. The molecular formula is C13H10ClNO4. The van der Waals surface area contributed by atoms with Crippen LogP contribution in [-0.4, -0.2) is 10.2 Å². The van der Waals surface area contributed by atoms with Gasteiger partial charge in [-0.25, -0.2) is 0 Å². The molecule has 0 amide bonds. The number of halogens is 1. The summed E-state index contributed by atoms with van der Waals surface area (Å²) < 4.78 is 5.23. The van der Waals surface area contributed by atoms with Crippen LogP contribution in [-0.2, 0) is 0 Å². The van der Waals surface area contributed by atoms with E-state index in [9.17, 15) is 14.9 Å². The molecule has 1 aromatic heterocycles. The lowest BCUT2D eigenvalue weighted by atomic mass is 10.0. The summed E-state index contributed by atoms with van der Waals surface area (Å²) in [6.45, 7) is 3.64. The summed E-state index contributed by atoms with van der Waals surface area (Å²) in [5.74, 6) is 0.211. The predicted octanol–water partition coefficient (Wildman–Crippen LogP) is 3.85. The summed E-state index contributed by atoms with van der Waals surface area (Å²) in [6, 6.07) is 6.03. The van der Waals surface area contributed by atoms with Crippen molar-refractivity contribution in [3.05, 3.63) is 51.3 Å². The molecule has 0 bridgehead atoms. The van der Waals surface area contributed by atoms with Gasteiger partial charge in [-0.05, 0) is 54.8 Å². The average Bonchev–Trinajstić information content (AvgIpc) is 2.81. The van der Waals surface area contributed by atoms with E-state index < -0.39 is 10.2 Å². The molecular weight excluding hydrogens is 270 g/mol. The van der Waals surface area contributed by atoms with Crippen molar-refractivity contribution < 1.29 is 14.1 Å². The van der Waals surface area contributed by atoms with Gasteiger partial charge < -0.3 is 4.42 Å². The van der Waals surface area contributed by atoms with Gasteiger partial charge in [-0.1, -0.05) is 0 Å². The maximum atomic E-state index is 11.1. The minimum absolute atomic E-state index is 0.0378. The van der Waals surface area contributed by atoms with Crippen molar-refractivity contribution in [2.45, 2.75) is 13.8 Å². The molecule has 19 heavy (non-hydrogen) atoms. The molecule has 0 N–H and O–H groups in total. The van der Waals surface area contributed by atoms with Crippen molar-refractivity contribution in [2.75, 3.05) is 0 Å². The fraction of sp³-hybridized carbons (Fsp3) is 0.154. The van der Waals surface area contributed by atoms with Gasteiger partial charge >= 0.3 is 0 Å². The van der Waals surface area contributed by atoms with E-state index in [1.165, 1.54) is 18.2 Å². The van der Waals surface area contributed by atoms with Crippen LogP contribution in [0.4, 0.5) is 5.69 Å². The van der Waals surface area contributed by atoms with Crippen molar-refractivity contribution in [1.82, 2.24) is 0 Å². The summed E-state index contributed by atoms with van der Waals surface area (Å²) >= 11 is 5.30. The van der Waals surface area contributed by atoms with Gasteiger partial charge in [-0.15, -0.1) is 0 Å². The lowest BCUT2D eigenvalue weighted by Gasteiger charge is -2.04. The van der Waals surface area contributed by atoms with Crippen molar-refractivity contribution >= 4 is 22.5 Å². The quantitative estimate of drug-likeness (QED) is 0.486. The molecule has 0 aliphatic carbocycles. The first-order chi connectivity index (χ1) is 8.90. The first kappa shape index (κ1) is 13.3. The second kappa shape index (κ2) is 4.85. The van der Waals surface area contributed by atoms with E-state index in [1.807, 2.05) is 6.92 Å². The molecule has 1 heterocycles. The van der Waals surface area contributed by atoms with E-state index in [0.29, 0.717) is 5.56 Å². The zero-order chi connectivity index (χ0) is 14.2. The van der Waals surface area contributed by atoms with Crippen molar-refractivity contribution in [3.8, 4) is 11.3 Å². The average molecular weight is 280 g/mol. The Labute approximate surface area is 113 Å². The molecule has 6 heteroatoms. The largest absolute Gasteiger partial charge is 0.451 e. The second-order valence-corrected chi connectivity index (χ2v) is 4.49.